The molecule has 0 radical (unpaired) electrons. The molecule has 3 aromatic carbocycles. The molecule has 0 aliphatic rings. The lowest BCUT2D eigenvalue weighted by molar-refractivity contribution is 0.306. The van der Waals surface area contributed by atoms with E-state index in [2.05, 4.69) is 4.99 Å². The summed E-state index contributed by atoms with van der Waals surface area (Å²) in [6, 6.07) is 21.2. The molecule has 0 bridgehead atoms. The van der Waals surface area contributed by atoms with Crippen LogP contribution < -0.4 is 4.74 Å². The first-order valence-electron chi connectivity index (χ1n) is 7.89. The summed E-state index contributed by atoms with van der Waals surface area (Å²) in [4.78, 5) is 4.55. The Hall–Kier alpha value is -2.29. The van der Waals surface area contributed by atoms with Gasteiger partial charge in [0.15, 0.2) is 0 Å². The molecule has 0 N–H and O–H groups in total. The molecule has 0 unspecified atom stereocenters. The van der Waals surface area contributed by atoms with Crippen molar-refractivity contribution in [2.75, 3.05) is 0 Å². The minimum absolute atomic E-state index is 0.486. The highest BCUT2D eigenvalue weighted by atomic mass is 35.5. The van der Waals surface area contributed by atoms with Crippen LogP contribution >= 0.6 is 23.2 Å². The van der Waals surface area contributed by atoms with Crippen LogP contribution in [-0.4, -0.2) is 6.21 Å². The predicted octanol–water partition coefficient (Wildman–Crippen LogP) is 6.63. The molecular weight excluding hydrogens is 353 g/mol. The molecular formula is C21H17Cl2NO. The molecule has 0 heterocycles. The third kappa shape index (κ3) is 4.62. The fourth-order valence-electron chi connectivity index (χ4n) is 2.36. The largest absolute Gasteiger partial charge is 0.488 e. The predicted molar refractivity (Wildman–Crippen MR) is 106 cm³/mol. The number of benzene rings is 3. The third-order valence-corrected chi connectivity index (χ3v) is 4.44. The average Bonchev–Trinajstić information content (AvgIpc) is 2.63. The van der Waals surface area contributed by atoms with E-state index < -0.39 is 0 Å². The number of halogens is 2. The number of aliphatic imine (C=N–C) groups is 1. The van der Waals surface area contributed by atoms with E-state index in [0.717, 1.165) is 28.1 Å². The molecule has 0 amide bonds. The van der Waals surface area contributed by atoms with Gasteiger partial charge in [-0.15, -0.1) is 0 Å². The van der Waals surface area contributed by atoms with Crippen LogP contribution in [0.25, 0.3) is 0 Å². The third-order valence-electron chi connectivity index (χ3n) is 3.79. The molecule has 0 fully saturated rings. The molecule has 126 valence electrons. The Morgan fingerprint density at radius 3 is 2.56 bits per heavy atom. The highest BCUT2D eigenvalue weighted by Crippen LogP contribution is 2.27. The van der Waals surface area contributed by atoms with Crippen molar-refractivity contribution in [3.05, 3.63) is 93.5 Å². The average molecular weight is 370 g/mol. The number of nitrogens with zero attached hydrogens (tertiary/aromatic N) is 1. The van der Waals surface area contributed by atoms with E-state index >= 15 is 0 Å². The molecule has 0 saturated heterocycles. The minimum Gasteiger partial charge on any atom is -0.488 e. The van der Waals surface area contributed by atoms with Crippen LogP contribution in [0.15, 0.2) is 71.7 Å². The van der Waals surface area contributed by atoms with E-state index in [-0.39, 0.29) is 0 Å². The van der Waals surface area contributed by atoms with Crippen LogP contribution in [0.1, 0.15) is 16.7 Å². The fraction of sp³-hybridized carbons (Fsp3) is 0.0952. The summed E-state index contributed by atoms with van der Waals surface area (Å²) in [6.07, 6.45) is 1.75. The van der Waals surface area contributed by atoms with Crippen molar-refractivity contribution in [2.24, 2.45) is 4.99 Å². The van der Waals surface area contributed by atoms with Crippen molar-refractivity contribution >= 4 is 35.1 Å². The van der Waals surface area contributed by atoms with Gasteiger partial charge >= 0.3 is 0 Å². The zero-order valence-corrected chi connectivity index (χ0v) is 15.3. The standard InChI is InChI=1S/C21H17Cl2NO/c1-15-19(23)8-5-9-20(15)24-13-17-12-18(22)10-11-21(17)25-14-16-6-3-2-4-7-16/h2-13H,14H2,1H3. The van der Waals surface area contributed by atoms with E-state index in [1.807, 2.05) is 73.7 Å². The molecule has 0 saturated carbocycles. The number of ether oxygens (including phenoxy) is 1. The Morgan fingerprint density at radius 1 is 0.960 bits per heavy atom. The Morgan fingerprint density at radius 2 is 1.76 bits per heavy atom. The maximum atomic E-state index is 6.15. The second-order valence-corrected chi connectivity index (χ2v) is 6.44. The molecule has 0 aromatic heterocycles. The van der Waals surface area contributed by atoms with Crippen molar-refractivity contribution < 1.29 is 4.74 Å². The Bertz CT molecular complexity index is 892. The molecule has 0 atom stereocenters. The van der Waals surface area contributed by atoms with Gasteiger partial charge in [-0.3, -0.25) is 4.99 Å². The Labute approximate surface area is 157 Å². The lowest BCUT2D eigenvalue weighted by Crippen LogP contribution is -1.98. The number of rotatable bonds is 5. The molecule has 4 heteroatoms. The summed E-state index contributed by atoms with van der Waals surface area (Å²) >= 11 is 12.3. The highest BCUT2D eigenvalue weighted by molar-refractivity contribution is 6.31. The summed E-state index contributed by atoms with van der Waals surface area (Å²) in [7, 11) is 0. The maximum absolute atomic E-state index is 6.15. The van der Waals surface area contributed by atoms with Crippen molar-refractivity contribution in [1.82, 2.24) is 0 Å². The van der Waals surface area contributed by atoms with Crippen LogP contribution in [0.4, 0.5) is 5.69 Å². The van der Waals surface area contributed by atoms with Gasteiger partial charge in [0.1, 0.15) is 12.4 Å². The lowest BCUT2D eigenvalue weighted by atomic mass is 10.2. The first kappa shape index (κ1) is 17.5. The van der Waals surface area contributed by atoms with Crippen LogP contribution in [0, 0.1) is 6.92 Å². The first-order chi connectivity index (χ1) is 12.1. The van der Waals surface area contributed by atoms with Crippen molar-refractivity contribution in [3.8, 4) is 5.75 Å². The van der Waals surface area contributed by atoms with E-state index in [1.54, 1.807) is 6.21 Å². The fourth-order valence-corrected chi connectivity index (χ4v) is 2.71. The number of hydrogen-bond acceptors (Lipinski definition) is 2. The lowest BCUT2D eigenvalue weighted by Gasteiger charge is -2.10. The van der Waals surface area contributed by atoms with Crippen molar-refractivity contribution in [3.63, 3.8) is 0 Å². The molecule has 25 heavy (non-hydrogen) atoms. The minimum atomic E-state index is 0.486. The van der Waals surface area contributed by atoms with Crippen molar-refractivity contribution in [1.29, 1.82) is 0 Å². The smallest absolute Gasteiger partial charge is 0.128 e. The van der Waals surface area contributed by atoms with Crippen LogP contribution in [0.2, 0.25) is 10.0 Å². The summed E-state index contributed by atoms with van der Waals surface area (Å²) in [5.41, 5.74) is 3.68. The van der Waals surface area contributed by atoms with Gasteiger partial charge in [0, 0.05) is 21.8 Å². The van der Waals surface area contributed by atoms with E-state index in [4.69, 9.17) is 27.9 Å². The zero-order chi connectivity index (χ0) is 17.6. The molecule has 0 aliphatic carbocycles. The zero-order valence-electron chi connectivity index (χ0n) is 13.7. The van der Waals surface area contributed by atoms with Crippen molar-refractivity contribution in [2.45, 2.75) is 13.5 Å². The van der Waals surface area contributed by atoms with E-state index in [0.29, 0.717) is 16.7 Å². The van der Waals surface area contributed by atoms with Gasteiger partial charge in [-0.25, -0.2) is 0 Å². The van der Waals surface area contributed by atoms with E-state index in [9.17, 15) is 0 Å². The monoisotopic (exact) mass is 369 g/mol. The van der Waals surface area contributed by atoms with Crippen LogP contribution in [0.5, 0.6) is 5.75 Å². The quantitative estimate of drug-likeness (QED) is 0.462. The topological polar surface area (TPSA) is 21.6 Å². The van der Waals surface area contributed by atoms with Gasteiger partial charge in [-0.2, -0.15) is 0 Å². The van der Waals surface area contributed by atoms with Gasteiger partial charge in [-0.1, -0.05) is 59.6 Å². The van der Waals surface area contributed by atoms with Crippen LogP contribution in [0.3, 0.4) is 0 Å². The summed E-state index contributed by atoms with van der Waals surface area (Å²) < 4.78 is 5.94. The first-order valence-corrected chi connectivity index (χ1v) is 8.64. The van der Waals surface area contributed by atoms with Gasteiger partial charge in [-0.05, 0) is 48.4 Å². The van der Waals surface area contributed by atoms with Gasteiger partial charge < -0.3 is 4.74 Å². The molecule has 0 aliphatic heterocycles. The second kappa shape index (κ2) is 8.19. The number of hydrogen-bond donors (Lipinski definition) is 0. The van der Waals surface area contributed by atoms with Crippen LogP contribution in [-0.2, 0) is 6.61 Å². The second-order valence-electron chi connectivity index (χ2n) is 5.60. The maximum Gasteiger partial charge on any atom is 0.128 e. The molecule has 3 aromatic rings. The van der Waals surface area contributed by atoms with Gasteiger partial charge in [0.2, 0.25) is 0 Å². The normalized spacial score (nSPS) is 11.0. The summed E-state index contributed by atoms with van der Waals surface area (Å²) in [6.45, 7) is 2.43. The van der Waals surface area contributed by atoms with Gasteiger partial charge in [0.05, 0.1) is 5.69 Å². The van der Waals surface area contributed by atoms with Gasteiger partial charge in [0.25, 0.3) is 0 Å². The highest BCUT2D eigenvalue weighted by Gasteiger charge is 2.05. The summed E-state index contributed by atoms with van der Waals surface area (Å²) in [5, 5.41) is 1.33. The Balaban J connectivity index is 1.84. The van der Waals surface area contributed by atoms with E-state index in [1.165, 1.54) is 0 Å². The molecule has 3 rings (SSSR count). The summed E-state index contributed by atoms with van der Waals surface area (Å²) in [5.74, 6) is 0.733. The Kier molecular flexibility index (Phi) is 5.75. The molecule has 2 nitrogen and oxygen atoms in total. The SMILES string of the molecule is Cc1c(Cl)cccc1N=Cc1cc(Cl)ccc1OCc1ccccc1. The molecule has 0 spiro atoms.